The Kier molecular flexibility index (Phi) is 8.62. The average molecular weight is 716 g/mol. The Bertz CT molecular complexity index is 1900. The second kappa shape index (κ2) is 12.6. The zero-order chi connectivity index (χ0) is 33.9. The van der Waals surface area contributed by atoms with E-state index in [1.54, 1.807) is 45.0 Å². The van der Waals surface area contributed by atoms with Gasteiger partial charge in [0.1, 0.15) is 35.0 Å². The van der Waals surface area contributed by atoms with Crippen molar-refractivity contribution in [3.8, 4) is 11.3 Å². The minimum atomic E-state index is -0.687. The molecule has 1 aliphatic carbocycles. The number of anilines is 1. The van der Waals surface area contributed by atoms with Crippen LogP contribution < -0.4 is 10.2 Å². The maximum atomic E-state index is 15.2. The summed E-state index contributed by atoms with van der Waals surface area (Å²) in [5, 5.41) is 8.09. The molecule has 3 aliphatic rings. The van der Waals surface area contributed by atoms with Gasteiger partial charge in [0.25, 0.3) is 5.91 Å². The molecule has 1 amide bonds. The van der Waals surface area contributed by atoms with Crippen LogP contribution in [0.1, 0.15) is 91.7 Å². The fourth-order valence-corrected chi connectivity index (χ4v) is 8.35. The Morgan fingerprint density at radius 1 is 1.08 bits per heavy atom. The maximum absolute atomic E-state index is 15.2. The van der Waals surface area contributed by atoms with Crippen LogP contribution in [0.15, 0.2) is 34.9 Å². The topological polar surface area (TPSA) is 124 Å². The molecule has 1 N–H and O–H groups in total. The highest BCUT2D eigenvalue weighted by atomic mass is 35.5. The molecule has 252 valence electrons. The number of piperidine rings is 1. The van der Waals surface area contributed by atoms with E-state index in [1.807, 2.05) is 0 Å². The van der Waals surface area contributed by atoms with Crippen molar-refractivity contribution in [3.63, 3.8) is 0 Å². The lowest BCUT2D eigenvalue weighted by Gasteiger charge is -2.38. The molecule has 0 spiro atoms. The number of amides is 1. The van der Waals surface area contributed by atoms with Gasteiger partial charge in [-0.05, 0) is 70.7 Å². The van der Waals surface area contributed by atoms with E-state index in [0.29, 0.717) is 44.0 Å². The van der Waals surface area contributed by atoms with Crippen LogP contribution in [0.25, 0.3) is 21.5 Å². The number of carbonyl (C=O) groups excluding carboxylic acids is 3. The number of carbonyl (C=O) groups is 3. The summed E-state index contributed by atoms with van der Waals surface area (Å²) in [6, 6.07) is 7.87. The van der Waals surface area contributed by atoms with E-state index in [0.717, 1.165) is 31.7 Å². The molecule has 4 aromatic rings. The molecule has 48 heavy (non-hydrogen) atoms. The predicted octanol–water partition coefficient (Wildman–Crippen LogP) is 7.70. The number of nitrogens with zero attached hydrogens (tertiary/aromatic N) is 3. The summed E-state index contributed by atoms with van der Waals surface area (Å²) in [5.41, 5.74) is 0.571. The summed E-state index contributed by atoms with van der Waals surface area (Å²) >= 11 is 14.3. The van der Waals surface area contributed by atoms with Crippen molar-refractivity contribution in [1.82, 2.24) is 15.5 Å². The largest absolute Gasteiger partial charge is 0.459 e. The van der Waals surface area contributed by atoms with Crippen LogP contribution in [0.5, 0.6) is 0 Å². The first kappa shape index (κ1) is 32.8. The van der Waals surface area contributed by atoms with Crippen molar-refractivity contribution in [2.75, 3.05) is 11.4 Å². The van der Waals surface area contributed by atoms with Gasteiger partial charge in [0.2, 0.25) is 0 Å². The lowest BCUT2D eigenvalue weighted by Crippen LogP contribution is -2.46. The van der Waals surface area contributed by atoms with Gasteiger partial charge in [-0.2, -0.15) is 0 Å². The van der Waals surface area contributed by atoms with Crippen molar-refractivity contribution in [2.45, 2.75) is 89.0 Å². The normalized spacial score (nSPS) is 20.6. The average Bonchev–Trinajstić information content (AvgIpc) is 3.51. The van der Waals surface area contributed by atoms with Gasteiger partial charge >= 0.3 is 11.9 Å². The summed E-state index contributed by atoms with van der Waals surface area (Å²) in [4.78, 5) is 45.4. The van der Waals surface area contributed by atoms with E-state index in [2.05, 4.69) is 20.4 Å². The second-order valence-electron chi connectivity index (χ2n) is 13.5. The summed E-state index contributed by atoms with van der Waals surface area (Å²) in [6.07, 6.45) is 4.33. The van der Waals surface area contributed by atoms with Crippen molar-refractivity contribution >= 4 is 67.7 Å². The van der Waals surface area contributed by atoms with Gasteiger partial charge in [0.05, 0.1) is 14.7 Å². The standard InChI is InChI=1S/C34H33Cl2FN4O6S/c1-34(2,3)46-25(42)15-38-31(43)17-11-23(37)28-24(12-17)48-33(39-28)41-18-9-10-19(41)14-20(13-18)45-32(44)27-29(40-47-30(27)16-7-8-16)26-21(35)5-4-6-22(26)36/h4-6,11-12,16,18-20H,7-10,13-15H2,1-3H3,(H,38,43)/t18-,19+,20+. The van der Waals surface area contributed by atoms with E-state index in [4.69, 9.17) is 37.2 Å². The van der Waals surface area contributed by atoms with Crippen LogP contribution >= 0.6 is 34.5 Å². The zero-order valence-electron chi connectivity index (χ0n) is 26.5. The van der Waals surface area contributed by atoms with Gasteiger partial charge in [-0.25, -0.2) is 14.2 Å². The SMILES string of the molecule is CC(C)(C)OC(=O)CNC(=O)c1cc(F)c2nc(N3[C@@H]4CC[C@H]3C[C@@H](OC(=O)c3c(-c5c(Cl)cccc5Cl)noc3C3CC3)C4)sc2c1. The number of thiazole rings is 1. The van der Waals surface area contributed by atoms with Crippen LogP contribution in [0.3, 0.4) is 0 Å². The molecule has 2 aliphatic heterocycles. The molecule has 3 fully saturated rings. The van der Waals surface area contributed by atoms with Crippen molar-refractivity contribution < 1.29 is 32.8 Å². The number of halogens is 3. The summed E-state index contributed by atoms with van der Waals surface area (Å²) in [5.74, 6) is -1.70. The highest BCUT2D eigenvalue weighted by molar-refractivity contribution is 7.22. The van der Waals surface area contributed by atoms with E-state index in [1.165, 1.54) is 11.3 Å². The predicted molar refractivity (Wildman–Crippen MR) is 179 cm³/mol. The molecule has 7 rings (SSSR count). The Balaban J connectivity index is 1.06. The molecule has 2 bridgehead atoms. The highest BCUT2D eigenvalue weighted by Gasteiger charge is 2.45. The van der Waals surface area contributed by atoms with Crippen molar-refractivity contribution in [1.29, 1.82) is 0 Å². The first-order valence-corrected chi connectivity index (χ1v) is 17.5. The summed E-state index contributed by atoms with van der Waals surface area (Å²) < 4.78 is 32.8. The Hall–Kier alpha value is -3.74. The second-order valence-corrected chi connectivity index (χ2v) is 15.3. The molecular weight excluding hydrogens is 682 g/mol. The van der Waals surface area contributed by atoms with Crippen LogP contribution in [0.4, 0.5) is 9.52 Å². The summed E-state index contributed by atoms with van der Waals surface area (Å²) in [6.45, 7) is 4.87. The van der Waals surface area contributed by atoms with E-state index >= 15 is 4.39 Å². The third-order valence-electron chi connectivity index (χ3n) is 8.77. The van der Waals surface area contributed by atoms with Crippen LogP contribution in [-0.2, 0) is 14.3 Å². The molecule has 2 aromatic carbocycles. The molecular formula is C34H33Cl2FN4O6S. The third kappa shape index (κ3) is 6.49. The first-order valence-electron chi connectivity index (χ1n) is 15.9. The number of hydrogen-bond donors (Lipinski definition) is 1. The van der Waals surface area contributed by atoms with Gasteiger partial charge in [-0.1, -0.05) is 45.8 Å². The number of esters is 2. The fourth-order valence-electron chi connectivity index (χ4n) is 6.62. The van der Waals surface area contributed by atoms with Gasteiger partial charge in [0, 0.05) is 42.0 Å². The Morgan fingerprint density at radius 3 is 2.42 bits per heavy atom. The number of rotatable bonds is 8. The molecule has 3 atom stereocenters. The minimum absolute atomic E-state index is 0.0321. The number of aromatic nitrogens is 2. The molecule has 2 saturated heterocycles. The van der Waals surface area contributed by atoms with Crippen LogP contribution in [-0.4, -0.2) is 58.3 Å². The fraction of sp³-hybridized carbons (Fsp3) is 0.441. The Morgan fingerprint density at radius 2 is 1.77 bits per heavy atom. The lowest BCUT2D eigenvalue weighted by atomic mass is 9.99. The van der Waals surface area contributed by atoms with E-state index in [9.17, 15) is 14.4 Å². The Labute approximate surface area is 289 Å². The zero-order valence-corrected chi connectivity index (χ0v) is 28.8. The van der Waals surface area contributed by atoms with E-state index < -0.39 is 29.3 Å². The maximum Gasteiger partial charge on any atom is 0.344 e. The molecule has 14 heteroatoms. The van der Waals surface area contributed by atoms with E-state index in [-0.39, 0.29) is 53.0 Å². The van der Waals surface area contributed by atoms with Crippen LogP contribution in [0, 0.1) is 5.82 Å². The van der Waals surface area contributed by atoms with Crippen molar-refractivity contribution in [3.05, 3.63) is 63.1 Å². The number of nitrogens with one attached hydrogen (secondary N) is 1. The first-order chi connectivity index (χ1) is 22.9. The summed E-state index contributed by atoms with van der Waals surface area (Å²) in [7, 11) is 0. The van der Waals surface area contributed by atoms with Gasteiger partial charge < -0.3 is 24.2 Å². The monoisotopic (exact) mass is 714 g/mol. The quantitative estimate of drug-likeness (QED) is 0.183. The van der Waals surface area contributed by atoms with Gasteiger partial charge in [0.15, 0.2) is 16.7 Å². The van der Waals surface area contributed by atoms with Crippen LogP contribution in [0.2, 0.25) is 10.0 Å². The van der Waals surface area contributed by atoms with Gasteiger partial charge in [-0.15, -0.1) is 0 Å². The molecule has 4 heterocycles. The number of ether oxygens (including phenoxy) is 2. The molecule has 2 aromatic heterocycles. The molecule has 0 unspecified atom stereocenters. The number of benzene rings is 2. The number of fused-ring (bicyclic) bond motifs is 3. The smallest absolute Gasteiger partial charge is 0.344 e. The molecule has 10 nitrogen and oxygen atoms in total. The lowest BCUT2D eigenvalue weighted by molar-refractivity contribution is -0.153. The molecule has 0 radical (unpaired) electrons. The minimum Gasteiger partial charge on any atom is -0.459 e. The number of hydrogen-bond acceptors (Lipinski definition) is 10. The molecule has 1 saturated carbocycles. The van der Waals surface area contributed by atoms with Crippen molar-refractivity contribution in [2.24, 2.45) is 0 Å². The van der Waals surface area contributed by atoms with Gasteiger partial charge in [-0.3, -0.25) is 9.59 Å². The third-order valence-corrected chi connectivity index (χ3v) is 10.4. The highest BCUT2D eigenvalue weighted by Crippen LogP contribution is 2.47.